The summed E-state index contributed by atoms with van der Waals surface area (Å²) in [5.74, 6) is 0.369. The first kappa shape index (κ1) is 13.5. The molecule has 1 saturated carbocycles. The van der Waals surface area contributed by atoms with Crippen LogP contribution in [0.25, 0.3) is 0 Å². The highest BCUT2D eigenvalue weighted by molar-refractivity contribution is 5.24. The van der Waals surface area contributed by atoms with Gasteiger partial charge in [-0.3, -0.25) is 0 Å². The maximum Gasteiger partial charge on any atom is 0.126 e. The van der Waals surface area contributed by atoms with Gasteiger partial charge in [-0.15, -0.1) is 0 Å². The van der Waals surface area contributed by atoms with E-state index in [1.807, 2.05) is 12.1 Å². The molecule has 1 aromatic carbocycles. The lowest BCUT2D eigenvalue weighted by Crippen LogP contribution is -2.41. The maximum atomic E-state index is 13.6. The summed E-state index contributed by atoms with van der Waals surface area (Å²) in [7, 11) is 0. The summed E-state index contributed by atoms with van der Waals surface area (Å²) in [5.41, 5.74) is 1.29. The van der Waals surface area contributed by atoms with E-state index in [0.717, 1.165) is 24.9 Å². The van der Waals surface area contributed by atoms with E-state index in [2.05, 4.69) is 26.1 Å². The average Bonchev–Trinajstić information content (AvgIpc) is 2.21. The molecule has 1 aliphatic rings. The van der Waals surface area contributed by atoms with Crippen molar-refractivity contribution in [3.05, 3.63) is 35.6 Å². The predicted molar refractivity (Wildman–Crippen MR) is 74.2 cm³/mol. The van der Waals surface area contributed by atoms with E-state index in [1.165, 1.54) is 6.42 Å². The van der Waals surface area contributed by atoms with Gasteiger partial charge < -0.3 is 5.32 Å². The van der Waals surface area contributed by atoms with Gasteiger partial charge in [0.2, 0.25) is 0 Å². The van der Waals surface area contributed by atoms with Crippen LogP contribution in [0.4, 0.5) is 4.39 Å². The van der Waals surface area contributed by atoms with Crippen LogP contribution in [-0.4, -0.2) is 12.6 Å². The highest BCUT2D eigenvalue weighted by Gasteiger charge is 2.31. The van der Waals surface area contributed by atoms with Crippen molar-refractivity contribution < 1.29 is 4.39 Å². The van der Waals surface area contributed by atoms with Crippen molar-refractivity contribution in [2.75, 3.05) is 6.54 Å². The lowest BCUT2D eigenvalue weighted by molar-refractivity contribution is 0.267. The molecule has 18 heavy (non-hydrogen) atoms. The summed E-state index contributed by atoms with van der Waals surface area (Å²) in [6.45, 7) is 7.85. The third-order valence-corrected chi connectivity index (χ3v) is 3.79. The first-order valence-electron chi connectivity index (χ1n) is 6.93. The second-order valence-corrected chi connectivity index (χ2v) is 6.65. The Morgan fingerprint density at radius 1 is 1.22 bits per heavy atom. The highest BCUT2D eigenvalue weighted by atomic mass is 19.1. The molecule has 0 aromatic heterocycles. The fourth-order valence-corrected chi connectivity index (χ4v) is 2.50. The molecule has 1 aliphatic carbocycles. The standard InChI is InChI=1S/C16H24FN/c1-16(2,3)8-9-18-13-10-12(11-13)14-6-4-5-7-15(14)17/h4-7,12-13,18H,8-11H2,1-3H3. The molecule has 0 saturated heterocycles. The van der Waals surface area contributed by atoms with Gasteiger partial charge >= 0.3 is 0 Å². The molecule has 0 spiro atoms. The number of nitrogens with one attached hydrogen (secondary N) is 1. The van der Waals surface area contributed by atoms with Crippen LogP contribution in [0.2, 0.25) is 0 Å². The van der Waals surface area contributed by atoms with Crippen LogP contribution in [-0.2, 0) is 0 Å². The lowest BCUT2D eigenvalue weighted by atomic mass is 9.75. The molecule has 1 fully saturated rings. The molecule has 1 aromatic rings. The zero-order valence-corrected chi connectivity index (χ0v) is 11.7. The van der Waals surface area contributed by atoms with Crippen LogP contribution in [0, 0.1) is 11.2 Å². The van der Waals surface area contributed by atoms with Gasteiger partial charge in [-0.2, -0.15) is 0 Å². The molecular formula is C16H24FN. The Kier molecular flexibility index (Phi) is 4.06. The minimum absolute atomic E-state index is 0.0457. The minimum atomic E-state index is -0.0457. The number of hydrogen-bond donors (Lipinski definition) is 1. The number of rotatable bonds is 4. The Labute approximate surface area is 110 Å². The first-order valence-corrected chi connectivity index (χ1v) is 6.93. The Bertz CT molecular complexity index is 388. The normalized spacial score (nSPS) is 23.8. The third-order valence-electron chi connectivity index (χ3n) is 3.79. The molecule has 0 aliphatic heterocycles. The summed E-state index contributed by atoms with van der Waals surface area (Å²) in [6.07, 6.45) is 3.34. The van der Waals surface area contributed by atoms with Gasteiger partial charge in [0, 0.05) is 6.04 Å². The molecule has 0 radical (unpaired) electrons. The van der Waals surface area contributed by atoms with Crippen LogP contribution in [0.5, 0.6) is 0 Å². The van der Waals surface area contributed by atoms with Crippen LogP contribution < -0.4 is 5.32 Å². The highest BCUT2D eigenvalue weighted by Crippen LogP contribution is 2.38. The monoisotopic (exact) mass is 249 g/mol. The van der Waals surface area contributed by atoms with E-state index >= 15 is 0 Å². The zero-order chi connectivity index (χ0) is 13.2. The maximum absolute atomic E-state index is 13.6. The van der Waals surface area contributed by atoms with Crippen molar-refractivity contribution in [3.63, 3.8) is 0 Å². The molecule has 2 rings (SSSR count). The van der Waals surface area contributed by atoms with E-state index in [-0.39, 0.29) is 5.82 Å². The van der Waals surface area contributed by atoms with Gasteiger partial charge in [0.1, 0.15) is 5.82 Å². The molecule has 0 unspecified atom stereocenters. The summed E-state index contributed by atoms with van der Waals surface area (Å²) < 4.78 is 13.6. The van der Waals surface area contributed by atoms with E-state index in [0.29, 0.717) is 17.4 Å². The van der Waals surface area contributed by atoms with Crippen LogP contribution >= 0.6 is 0 Å². The van der Waals surface area contributed by atoms with Crippen LogP contribution in [0.15, 0.2) is 24.3 Å². The van der Waals surface area contributed by atoms with Crippen molar-refractivity contribution in [2.24, 2.45) is 5.41 Å². The molecule has 0 heterocycles. The van der Waals surface area contributed by atoms with Crippen molar-refractivity contribution >= 4 is 0 Å². The second-order valence-electron chi connectivity index (χ2n) is 6.65. The van der Waals surface area contributed by atoms with E-state index in [1.54, 1.807) is 12.1 Å². The SMILES string of the molecule is CC(C)(C)CCNC1CC(c2ccccc2F)C1. The smallest absolute Gasteiger partial charge is 0.126 e. The predicted octanol–water partition coefficient (Wildman–Crippen LogP) is 4.10. The zero-order valence-electron chi connectivity index (χ0n) is 11.7. The van der Waals surface area contributed by atoms with E-state index in [4.69, 9.17) is 0 Å². The summed E-state index contributed by atoms with van der Waals surface area (Å²) in [6, 6.07) is 7.76. The Balaban J connectivity index is 1.73. The second kappa shape index (κ2) is 5.40. The fourth-order valence-electron chi connectivity index (χ4n) is 2.50. The molecule has 0 bridgehead atoms. The van der Waals surface area contributed by atoms with E-state index < -0.39 is 0 Å². The molecule has 0 amide bonds. The quantitative estimate of drug-likeness (QED) is 0.847. The third kappa shape index (κ3) is 3.55. The number of benzene rings is 1. The van der Waals surface area contributed by atoms with E-state index in [9.17, 15) is 4.39 Å². The van der Waals surface area contributed by atoms with Gasteiger partial charge in [0.15, 0.2) is 0 Å². The van der Waals surface area contributed by atoms with Gasteiger partial charge in [0.05, 0.1) is 0 Å². The molecular weight excluding hydrogens is 225 g/mol. The lowest BCUT2D eigenvalue weighted by Gasteiger charge is -2.37. The largest absolute Gasteiger partial charge is 0.314 e. The average molecular weight is 249 g/mol. The molecule has 0 atom stereocenters. The van der Waals surface area contributed by atoms with Crippen LogP contribution in [0.3, 0.4) is 0 Å². The Morgan fingerprint density at radius 2 is 1.89 bits per heavy atom. The van der Waals surface area contributed by atoms with Crippen LogP contribution in [0.1, 0.15) is 51.5 Å². The summed E-state index contributed by atoms with van der Waals surface area (Å²) >= 11 is 0. The van der Waals surface area contributed by atoms with Crippen molar-refractivity contribution in [2.45, 2.75) is 52.0 Å². The summed E-state index contributed by atoms with van der Waals surface area (Å²) in [4.78, 5) is 0. The Morgan fingerprint density at radius 3 is 2.50 bits per heavy atom. The topological polar surface area (TPSA) is 12.0 Å². The molecule has 1 nitrogen and oxygen atoms in total. The minimum Gasteiger partial charge on any atom is -0.314 e. The fraction of sp³-hybridized carbons (Fsp3) is 0.625. The number of halogens is 1. The molecule has 1 N–H and O–H groups in total. The van der Waals surface area contributed by atoms with Gasteiger partial charge in [-0.05, 0) is 48.8 Å². The van der Waals surface area contributed by atoms with Gasteiger partial charge in [-0.1, -0.05) is 39.0 Å². The Hall–Kier alpha value is -0.890. The molecule has 100 valence electrons. The number of hydrogen-bond acceptors (Lipinski definition) is 1. The van der Waals surface area contributed by atoms with Crippen molar-refractivity contribution in [3.8, 4) is 0 Å². The first-order chi connectivity index (χ1) is 8.46. The summed E-state index contributed by atoms with van der Waals surface area (Å²) in [5, 5.41) is 3.57. The van der Waals surface area contributed by atoms with Crippen molar-refractivity contribution in [1.29, 1.82) is 0 Å². The van der Waals surface area contributed by atoms with Gasteiger partial charge in [0.25, 0.3) is 0 Å². The van der Waals surface area contributed by atoms with Gasteiger partial charge in [-0.25, -0.2) is 4.39 Å². The van der Waals surface area contributed by atoms with Crippen molar-refractivity contribution in [1.82, 2.24) is 5.32 Å². The molecule has 2 heteroatoms.